The van der Waals surface area contributed by atoms with Crippen LogP contribution >= 0.6 is 0 Å². The van der Waals surface area contributed by atoms with E-state index < -0.39 is 21.7 Å². The summed E-state index contributed by atoms with van der Waals surface area (Å²) in [5.41, 5.74) is 3.88. The summed E-state index contributed by atoms with van der Waals surface area (Å²) in [4.78, 5) is 29.6. The summed E-state index contributed by atoms with van der Waals surface area (Å²) in [6.07, 6.45) is 7.27. The number of anilines is 2. The smallest absolute Gasteiger partial charge is 0.267 e. The molecule has 0 saturated carbocycles. The first kappa shape index (κ1) is 30.5. The zero-order chi connectivity index (χ0) is 30.6. The third-order valence-corrected chi connectivity index (χ3v) is 7.99. The Kier molecular flexibility index (Phi) is 9.34. The maximum Gasteiger partial charge on any atom is 0.267 e. The van der Waals surface area contributed by atoms with Crippen LogP contribution in [0.4, 0.5) is 16.0 Å². The van der Waals surface area contributed by atoms with Gasteiger partial charge in [-0.25, -0.2) is 33.2 Å². The maximum atomic E-state index is 15.2. The highest BCUT2D eigenvalue weighted by Gasteiger charge is 2.23. The Labute approximate surface area is 248 Å². The van der Waals surface area contributed by atoms with Gasteiger partial charge in [0.2, 0.25) is 21.9 Å². The van der Waals surface area contributed by atoms with Crippen LogP contribution in [0.3, 0.4) is 0 Å². The van der Waals surface area contributed by atoms with Gasteiger partial charge in [-0.05, 0) is 55.6 Å². The van der Waals surface area contributed by atoms with Crippen molar-refractivity contribution in [3.05, 3.63) is 47.9 Å². The van der Waals surface area contributed by atoms with E-state index in [1.807, 2.05) is 4.90 Å². The first-order chi connectivity index (χ1) is 20.6. The highest BCUT2D eigenvalue weighted by atomic mass is 32.2. The van der Waals surface area contributed by atoms with Crippen molar-refractivity contribution in [2.24, 2.45) is 5.92 Å². The summed E-state index contributed by atoms with van der Waals surface area (Å²) in [6.45, 7) is 4.10. The molecule has 0 atom stereocenters. The molecule has 0 bridgehead atoms. The number of methoxy groups -OCH3 is 1. The van der Waals surface area contributed by atoms with Gasteiger partial charge in [-0.2, -0.15) is 0 Å². The Bertz CT molecular complexity index is 1620. The Balaban J connectivity index is 1.54. The number of fused-ring (bicyclic) bond motifs is 1. The number of sulfonamides is 1. The first-order valence-corrected chi connectivity index (χ1v) is 15.7. The van der Waals surface area contributed by atoms with Gasteiger partial charge in [0.25, 0.3) is 5.91 Å². The molecule has 230 valence electrons. The second kappa shape index (κ2) is 13.2. The molecule has 1 aromatic carbocycles. The first-order valence-electron chi connectivity index (χ1n) is 13.8. The van der Waals surface area contributed by atoms with Gasteiger partial charge in [-0.3, -0.25) is 19.6 Å². The Morgan fingerprint density at radius 2 is 1.93 bits per heavy atom. The number of halogens is 1. The highest BCUT2D eigenvalue weighted by molar-refractivity contribution is 7.92. The number of likely N-dealkylation sites (tertiary alicyclic amines) is 1. The van der Waals surface area contributed by atoms with Crippen LogP contribution in [0, 0.1) is 11.7 Å². The van der Waals surface area contributed by atoms with E-state index in [4.69, 9.17) is 24.6 Å². The van der Waals surface area contributed by atoms with Crippen molar-refractivity contribution in [3.63, 3.8) is 0 Å². The SMILES string of the molecule is COc1ncc(-c2nc(N3CCOCC3)nc3c(CN4CCC(/C=C/C(=O)NO)CC4)cc(F)cc23)cc1NS(C)(=O)=O. The van der Waals surface area contributed by atoms with E-state index in [1.165, 1.54) is 31.5 Å². The summed E-state index contributed by atoms with van der Waals surface area (Å²) < 4.78 is 52.5. The lowest BCUT2D eigenvalue weighted by Crippen LogP contribution is -2.37. The molecular weight excluding hydrogens is 581 g/mol. The van der Waals surface area contributed by atoms with Crippen molar-refractivity contribution >= 4 is 38.5 Å². The number of piperidine rings is 1. The van der Waals surface area contributed by atoms with E-state index in [-0.39, 0.29) is 17.5 Å². The largest absolute Gasteiger partial charge is 0.480 e. The summed E-state index contributed by atoms with van der Waals surface area (Å²) >= 11 is 0. The predicted octanol–water partition coefficient (Wildman–Crippen LogP) is 2.32. The number of nitrogens with one attached hydrogen (secondary N) is 2. The molecule has 0 aliphatic carbocycles. The molecule has 0 unspecified atom stereocenters. The van der Waals surface area contributed by atoms with Gasteiger partial charge >= 0.3 is 0 Å². The van der Waals surface area contributed by atoms with Crippen molar-refractivity contribution in [1.29, 1.82) is 0 Å². The molecule has 2 aliphatic heterocycles. The van der Waals surface area contributed by atoms with Crippen LogP contribution in [0.15, 0.2) is 36.5 Å². The van der Waals surface area contributed by atoms with Gasteiger partial charge in [0.1, 0.15) is 11.5 Å². The van der Waals surface area contributed by atoms with Gasteiger partial charge in [0.15, 0.2) is 0 Å². The Hall–Kier alpha value is -3.92. The quantitative estimate of drug-likeness (QED) is 0.184. The van der Waals surface area contributed by atoms with E-state index in [0.717, 1.165) is 32.2 Å². The van der Waals surface area contributed by atoms with E-state index in [0.29, 0.717) is 66.5 Å². The number of hydrogen-bond acceptors (Lipinski definition) is 11. The lowest BCUT2D eigenvalue weighted by Gasteiger charge is -2.31. The molecule has 3 aromatic rings. The molecule has 4 heterocycles. The van der Waals surface area contributed by atoms with Crippen LogP contribution in [-0.2, 0) is 26.1 Å². The van der Waals surface area contributed by atoms with Crippen LogP contribution in [0.25, 0.3) is 22.2 Å². The fourth-order valence-electron chi connectivity index (χ4n) is 5.32. The van der Waals surface area contributed by atoms with Crippen LogP contribution in [-0.4, -0.2) is 92.1 Å². The minimum absolute atomic E-state index is 0.0862. The third-order valence-electron chi connectivity index (χ3n) is 7.40. The number of aromatic nitrogens is 3. The van der Waals surface area contributed by atoms with Crippen molar-refractivity contribution in [2.45, 2.75) is 19.4 Å². The molecule has 3 N–H and O–H groups in total. The standard InChI is InChI=1S/C28H34FN7O6S/c1-41-27-23(34-43(2,39)40)14-19(16-30-27)25-22-15-21(29)13-20(26(22)32-28(31-25)36-9-11-42-12-10-36)17-35-7-5-18(6-8-35)3-4-24(37)33-38/h3-4,13-16,18,34,38H,5-12,17H2,1-2H3,(H,33,37)/b4-3+. The zero-order valence-electron chi connectivity index (χ0n) is 23.9. The van der Waals surface area contributed by atoms with Gasteiger partial charge in [-0.15, -0.1) is 0 Å². The lowest BCUT2D eigenvalue weighted by molar-refractivity contribution is -0.124. The van der Waals surface area contributed by atoms with E-state index in [2.05, 4.69) is 14.6 Å². The van der Waals surface area contributed by atoms with Gasteiger partial charge in [0, 0.05) is 42.9 Å². The van der Waals surface area contributed by atoms with Crippen LogP contribution < -0.4 is 19.8 Å². The number of amides is 1. The number of ether oxygens (including phenoxy) is 2. The average Bonchev–Trinajstić information content (AvgIpc) is 2.99. The normalized spacial score (nSPS) is 17.0. The zero-order valence-corrected chi connectivity index (χ0v) is 24.7. The monoisotopic (exact) mass is 615 g/mol. The molecule has 0 radical (unpaired) electrons. The number of morpholine rings is 1. The molecule has 2 saturated heterocycles. The fourth-order valence-corrected chi connectivity index (χ4v) is 5.87. The molecule has 13 nitrogen and oxygen atoms in total. The van der Waals surface area contributed by atoms with Crippen molar-refractivity contribution < 1.29 is 32.3 Å². The summed E-state index contributed by atoms with van der Waals surface area (Å²) in [7, 11) is -2.26. The van der Waals surface area contributed by atoms with Crippen molar-refractivity contribution in [2.75, 3.05) is 62.4 Å². The molecule has 5 rings (SSSR count). The molecule has 43 heavy (non-hydrogen) atoms. The number of rotatable bonds is 9. The van der Waals surface area contributed by atoms with Crippen LogP contribution in [0.2, 0.25) is 0 Å². The fraction of sp³-hybridized carbons (Fsp3) is 0.429. The molecule has 2 fully saturated rings. The second-order valence-electron chi connectivity index (χ2n) is 10.5. The number of pyridine rings is 1. The number of nitrogens with zero attached hydrogens (tertiary/aromatic N) is 5. The Morgan fingerprint density at radius 1 is 1.19 bits per heavy atom. The van der Waals surface area contributed by atoms with Gasteiger partial charge in [-0.1, -0.05) is 6.08 Å². The molecule has 2 aliphatic rings. The average molecular weight is 616 g/mol. The summed E-state index contributed by atoms with van der Waals surface area (Å²) in [6, 6.07) is 4.44. The number of carbonyl (C=O) groups excluding carboxylic acids is 1. The van der Waals surface area contributed by atoms with E-state index in [1.54, 1.807) is 17.6 Å². The van der Waals surface area contributed by atoms with Crippen molar-refractivity contribution in [1.82, 2.24) is 25.3 Å². The highest BCUT2D eigenvalue weighted by Crippen LogP contribution is 2.35. The molecule has 1 amide bonds. The van der Waals surface area contributed by atoms with Crippen LogP contribution in [0.1, 0.15) is 18.4 Å². The summed E-state index contributed by atoms with van der Waals surface area (Å²) in [5.74, 6) is -0.278. The number of carbonyl (C=O) groups is 1. The minimum atomic E-state index is -3.65. The Morgan fingerprint density at radius 3 is 2.60 bits per heavy atom. The number of benzene rings is 1. The second-order valence-corrected chi connectivity index (χ2v) is 12.3. The van der Waals surface area contributed by atoms with E-state index >= 15 is 4.39 Å². The predicted molar refractivity (Wildman–Crippen MR) is 158 cm³/mol. The minimum Gasteiger partial charge on any atom is -0.480 e. The van der Waals surface area contributed by atoms with Crippen molar-refractivity contribution in [3.8, 4) is 17.1 Å². The summed E-state index contributed by atoms with van der Waals surface area (Å²) in [5, 5.41) is 9.18. The number of allylic oxidation sites excluding steroid dienone is 1. The van der Waals surface area contributed by atoms with E-state index in [9.17, 15) is 13.2 Å². The molecule has 2 aromatic heterocycles. The van der Waals surface area contributed by atoms with Crippen LogP contribution in [0.5, 0.6) is 5.88 Å². The lowest BCUT2D eigenvalue weighted by atomic mass is 9.95. The third kappa shape index (κ3) is 7.54. The molecule has 15 heteroatoms. The number of hydroxylamine groups is 1. The number of hydrogen-bond donors (Lipinski definition) is 3. The topological polar surface area (TPSA) is 159 Å². The molecule has 0 spiro atoms. The molecular formula is C28H34FN7O6S. The maximum absolute atomic E-state index is 15.2. The van der Waals surface area contributed by atoms with Gasteiger partial charge < -0.3 is 14.4 Å². The van der Waals surface area contributed by atoms with Gasteiger partial charge in [0.05, 0.1) is 37.8 Å².